The highest BCUT2D eigenvalue weighted by Crippen LogP contribution is 2.11. The zero-order chi connectivity index (χ0) is 14.2. The molecule has 3 heteroatoms. The largest absolute Gasteiger partial charge is 0.388 e. The summed E-state index contributed by atoms with van der Waals surface area (Å²) in [6, 6.07) is 18.2. The van der Waals surface area contributed by atoms with Crippen LogP contribution in [0.1, 0.15) is 17.2 Å². The van der Waals surface area contributed by atoms with Crippen molar-refractivity contribution in [2.45, 2.75) is 12.5 Å². The molecular weight excluding hydrogens is 248 g/mol. The summed E-state index contributed by atoms with van der Waals surface area (Å²) in [7, 11) is 1.92. The molecule has 0 aromatic heterocycles. The van der Waals surface area contributed by atoms with Crippen LogP contribution in [0.2, 0.25) is 0 Å². The van der Waals surface area contributed by atoms with Crippen LogP contribution in [0.5, 0.6) is 0 Å². The van der Waals surface area contributed by atoms with Gasteiger partial charge in [0.15, 0.2) is 0 Å². The molecule has 20 heavy (non-hydrogen) atoms. The number of aliphatic hydroxyl groups is 1. The molecule has 2 rings (SSSR count). The standard InChI is InChI=1S/C17H22N2O/c1-18-16-9-7-14(8-10-16)11-12-19-13-17(20)15-5-3-2-4-6-15/h2-10,17-20H,11-13H2,1H3/t17-/m0/s1. The molecule has 0 aliphatic heterocycles. The van der Waals surface area contributed by atoms with Crippen molar-refractivity contribution in [3.8, 4) is 0 Å². The molecule has 0 fully saturated rings. The van der Waals surface area contributed by atoms with Gasteiger partial charge in [-0.1, -0.05) is 42.5 Å². The molecule has 0 aliphatic carbocycles. The Balaban J connectivity index is 1.70. The Morgan fingerprint density at radius 2 is 1.70 bits per heavy atom. The van der Waals surface area contributed by atoms with E-state index >= 15 is 0 Å². The predicted octanol–water partition coefficient (Wildman–Crippen LogP) is 2.59. The van der Waals surface area contributed by atoms with E-state index < -0.39 is 6.10 Å². The van der Waals surface area contributed by atoms with Crippen molar-refractivity contribution in [2.24, 2.45) is 0 Å². The average Bonchev–Trinajstić information content (AvgIpc) is 2.53. The smallest absolute Gasteiger partial charge is 0.0914 e. The highest BCUT2D eigenvalue weighted by Gasteiger charge is 2.05. The summed E-state index contributed by atoms with van der Waals surface area (Å²) in [4.78, 5) is 0. The first-order valence-corrected chi connectivity index (χ1v) is 7.00. The first kappa shape index (κ1) is 14.6. The van der Waals surface area contributed by atoms with Crippen molar-refractivity contribution in [3.05, 3.63) is 65.7 Å². The summed E-state index contributed by atoms with van der Waals surface area (Å²) < 4.78 is 0. The molecule has 1 atom stereocenters. The van der Waals surface area contributed by atoms with E-state index in [1.54, 1.807) is 0 Å². The lowest BCUT2D eigenvalue weighted by molar-refractivity contribution is 0.175. The van der Waals surface area contributed by atoms with Gasteiger partial charge in [0.05, 0.1) is 6.10 Å². The van der Waals surface area contributed by atoms with E-state index in [1.807, 2.05) is 37.4 Å². The van der Waals surface area contributed by atoms with E-state index in [1.165, 1.54) is 5.56 Å². The van der Waals surface area contributed by atoms with Gasteiger partial charge in [0.25, 0.3) is 0 Å². The van der Waals surface area contributed by atoms with Gasteiger partial charge < -0.3 is 15.7 Å². The van der Waals surface area contributed by atoms with Gasteiger partial charge in [0.2, 0.25) is 0 Å². The maximum atomic E-state index is 10.0. The maximum absolute atomic E-state index is 10.0. The number of benzene rings is 2. The highest BCUT2D eigenvalue weighted by molar-refractivity contribution is 5.43. The van der Waals surface area contributed by atoms with E-state index in [2.05, 4.69) is 34.9 Å². The van der Waals surface area contributed by atoms with Gasteiger partial charge in [-0.15, -0.1) is 0 Å². The van der Waals surface area contributed by atoms with E-state index in [-0.39, 0.29) is 0 Å². The molecule has 0 saturated carbocycles. The monoisotopic (exact) mass is 270 g/mol. The zero-order valence-corrected chi connectivity index (χ0v) is 11.8. The molecule has 0 aliphatic rings. The SMILES string of the molecule is CNc1ccc(CCNC[C@H](O)c2ccccc2)cc1. The highest BCUT2D eigenvalue weighted by atomic mass is 16.3. The van der Waals surface area contributed by atoms with Gasteiger partial charge in [-0.25, -0.2) is 0 Å². The lowest BCUT2D eigenvalue weighted by atomic mass is 10.1. The fraction of sp³-hybridized carbons (Fsp3) is 0.294. The summed E-state index contributed by atoms with van der Waals surface area (Å²) in [6.07, 6.45) is 0.522. The number of aliphatic hydroxyl groups excluding tert-OH is 1. The third-order valence-corrected chi connectivity index (χ3v) is 3.36. The summed E-state index contributed by atoms with van der Waals surface area (Å²) in [5.74, 6) is 0. The van der Waals surface area contributed by atoms with Gasteiger partial charge in [0, 0.05) is 19.3 Å². The summed E-state index contributed by atoms with van der Waals surface area (Å²) >= 11 is 0. The van der Waals surface area contributed by atoms with E-state index in [0.29, 0.717) is 6.54 Å². The molecule has 106 valence electrons. The van der Waals surface area contributed by atoms with Gasteiger partial charge in [0.1, 0.15) is 0 Å². The van der Waals surface area contributed by atoms with Gasteiger partial charge in [-0.05, 0) is 36.2 Å². The molecule has 0 saturated heterocycles. The third-order valence-electron chi connectivity index (χ3n) is 3.36. The van der Waals surface area contributed by atoms with Crippen LogP contribution in [0.25, 0.3) is 0 Å². The second-order valence-electron chi connectivity index (χ2n) is 4.83. The minimum atomic E-state index is -0.442. The molecule has 0 bridgehead atoms. The minimum absolute atomic E-state index is 0.442. The van der Waals surface area contributed by atoms with Crippen LogP contribution in [0, 0.1) is 0 Å². The molecular formula is C17H22N2O. The van der Waals surface area contributed by atoms with Gasteiger partial charge >= 0.3 is 0 Å². The van der Waals surface area contributed by atoms with Crippen molar-refractivity contribution >= 4 is 5.69 Å². The molecule has 2 aromatic rings. The summed E-state index contributed by atoms with van der Waals surface area (Å²) in [5, 5.41) is 16.4. The van der Waals surface area contributed by atoms with Crippen LogP contribution >= 0.6 is 0 Å². The Kier molecular flexibility index (Phi) is 5.59. The van der Waals surface area contributed by atoms with Crippen LogP contribution < -0.4 is 10.6 Å². The molecule has 3 N–H and O–H groups in total. The van der Waals surface area contributed by atoms with Gasteiger partial charge in [-0.2, -0.15) is 0 Å². The fourth-order valence-electron chi connectivity index (χ4n) is 2.10. The van der Waals surface area contributed by atoms with Crippen LogP contribution in [-0.2, 0) is 6.42 Å². The lowest BCUT2D eigenvalue weighted by Crippen LogP contribution is -2.23. The molecule has 0 unspecified atom stereocenters. The summed E-state index contributed by atoms with van der Waals surface area (Å²) in [6.45, 7) is 1.45. The molecule has 0 heterocycles. The van der Waals surface area contributed by atoms with Gasteiger partial charge in [-0.3, -0.25) is 0 Å². The maximum Gasteiger partial charge on any atom is 0.0914 e. The topological polar surface area (TPSA) is 44.3 Å². The van der Waals surface area contributed by atoms with Crippen LogP contribution in [-0.4, -0.2) is 25.2 Å². The van der Waals surface area contributed by atoms with Crippen LogP contribution in [0.15, 0.2) is 54.6 Å². The Morgan fingerprint density at radius 1 is 1.00 bits per heavy atom. The Labute approximate surface area is 120 Å². The number of hydrogen-bond donors (Lipinski definition) is 3. The predicted molar refractivity (Wildman–Crippen MR) is 84.0 cm³/mol. The van der Waals surface area contributed by atoms with Crippen molar-refractivity contribution < 1.29 is 5.11 Å². The number of rotatable bonds is 7. The molecule has 2 aromatic carbocycles. The summed E-state index contributed by atoms with van der Waals surface area (Å²) in [5.41, 5.74) is 3.38. The van der Waals surface area contributed by atoms with E-state index in [9.17, 15) is 5.11 Å². The van der Waals surface area contributed by atoms with Crippen molar-refractivity contribution in [2.75, 3.05) is 25.5 Å². The Morgan fingerprint density at radius 3 is 2.35 bits per heavy atom. The number of nitrogens with one attached hydrogen (secondary N) is 2. The normalized spacial score (nSPS) is 12.1. The van der Waals surface area contributed by atoms with E-state index in [4.69, 9.17) is 0 Å². The Hall–Kier alpha value is -1.84. The zero-order valence-electron chi connectivity index (χ0n) is 11.8. The third kappa shape index (κ3) is 4.37. The quantitative estimate of drug-likeness (QED) is 0.678. The minimum Gasteiger partial charge on any atom is -0.388 e. The first-order chi connectivity index (χ1) is 9.79. The lowest BCUT2D eigenvalue weighted by Gasteiger charge is -2.12. The molecule has 3 nitrogen and oxygen atoms in total. The molecule has 0 radical (unpaired) electrons. The van der Waals surface area contributed by atoms with Crippen LogP contribution in [0.3, 0.4) is 0 Å². The molecule has 0 amide bonds. The average molecular weight is 270 g/mol. The number of anilines is 1. The van der Waals surface area contributed by atoms with Crippen molar-refractivity contribution in [1.82, 2.24) is 5.32 Å². The molecule has 0 spiro atoms. The van der Waals surface area contributed by atoms with Crippen molar-refractivity contribution in [3.63, 3.8) is 0 Å². The Bertz CT molecular complexity index is 496. The second kappa shape index (κ2) is 7.68. The van der Waals surface area contributed by atoms with Crippen LogP contribution in [0.4, 0.5) is 5.69 Å². The number of hydrogen-bond acceptors (Lipinski definition) is 3. The van der Waals surface area contributed by atoms with E-state index in [0.717, 1.165) is 24.2 Å². The first-order valence-electron chi connectivity index (χ1n) is 7.00. The van der Waals surface area contributed by atoms with Crippen molar-refractivity contribution in [1.29, 1.82) is 0 Å². The second-order valence-corrected chi connectivity index (χ2v) is 4.83. The fourth-order valence-corrected chi connectivity index (χ4v) is 2.10.